The lowest BCUT2D eigenvalue weighted by molar-refractivity contribution is 0.0882. The van der Waals surface area contributed by atoms with Crippen LogP contribution in [0.4, 0.5) is 0 Å². The van der Waals surface area contributed by atoms with Gasteiger partial charge in [-0.3, -0.25) is 0 Å². The van der Waals surface area contributed by atoms with Crippen molar-refractivity contribution in [2.75, 3.05) is 20.3 Å². The quantitative estimate of drug-likeness (QED) is 0.651. The van der Waals surface area contributed by atoms with Crippen molar-refractivity contribution in [2.45, 2.75) is 13.0 Å². The SMILES string of the molecule is COc1ccccc1COCCC[O]. The van der Waals surface area contributed by atoms with Gasteiger partial charge < -0.3 is 9.47 Å². The van der Waals surface area contributed by atoms with E-state index in [1.165, 1.54) is 0 Å². The van der Waals surface area contributed by atoms with Gasteiger partial charge in [0.25, 0.3) is 0 Å². The zero-order valence-corrected chi connectivity index (χ0v) is 8.36. The molecule has 0 amide bonds. The van der Waals surface area contributed by atoms with Crippen LogP contribution in [0.5, 0.6) is 5.75 Å². The van der Waals surface area contributed by atoms with E-state index in [1.807, 2.05) is 24.3 Å². The van der Waals surface area contributed by atoms with E-state index in [9.17, 15) is 5.11 Å². The molecular weight excluding hydrogens is 180 g/mol. The first-order valence-electron chi connectivity index (χ1n) is 4.66. The summed E-state index contributed by atoms with van der Waals surface area (Å²) in [5, 5.41) is 10.2. The molecule has 0 heterocycles. The molecule has 0 atom stereocenters. The van der Waals surface area contributed by atoms with Crippen LogP contribution in [-0.2, 0) is 16.5 Å². The summed E-state index contributed by atoms with van der Waals surface area (Å²) in [5.41, 5.74) is 1.01. The van der Waals surface area contributed by atoms with Crippen molar-refractivity contribution in [3.8, 4) is 5.75 Å². The second kappa shape index (κ2) is 6.40. The third-order valence-electron chi connectivity index (χ3n) is 1.88. The summed E-state index contributed by atoms with van der Waals surface area (Å²) in [6.07, 6.45) is 0.565. The Morgan fingerprint density at radius 1 is 1.29 bits per heavy atom. The molecule has 0 saturated carbocycles. The molecule has 0 aromatic heterocycles. The van der Waals surface area contributed by atoms with Crippen LogP contribution < -0.4 is 4.74 Å². The van der Waals surface area contributed by atoms with Crippen molar-refractivity contribution in [2.24, 2.45) is 0 Å². The van der Waals surface area contributed by atoms with E-state index in [1.54, 1.807) is 7.11 Å². The minimum absolute atomic E-state index is 0.0775. The van der Waals surface area contributed by atoms with Crippen molar-refractivity contribution in [1.29, 1.82) is 0 Å². The van der Waals surface area contributed by atoms with Gasteiger partial charge in [0.05, 0.1) is 20.3 Å². The van der Waals surface area contributed by atoms with Crippen LogP contribution in [0.1, 0.15) is 12.0 Å². The van der Waals surface area contributed by atoms with Gasteiger partial charge in [-0.25, -0.2) is 5.11 Å². The second-order valence-electron chi connectivity index (χ2n) is 2.92. The van der Waals surface area contributed by atoms with Gasteiger partial charge in [0.2, 0.25) is 0 Å². The van der Waals surface area contributed by atoms with E-state index in [0.29, 0.717) is 19.6 Å². The van der Waals surface area contributed by atoms with E-state index in [0.717, 1.165) is 11.3 Å². The number of ether oxygens (including phenoxy) is 2. The fourth-order valence-corrected chi connectivity index (χ4v) is 1.17. The first-order chi connectivity index (χ1) is 6.88. The van der Waals surface area contributed by atoms with E-state index >= 15 is 0 Å². The predicted octanol–water partition coefficient (Wildman–Crippen LogP) is 2.03. The predicted molar refractivity (Wildman–Crippen MR) is 52.8 cm³/mol. The smallest absolute Gasteiger partial charge is 0.124 e. The maximum atomic E-state index is 10.2. The largest absolute Gasteiger partial charge is 0.496 e. The van der Waals surface area contributed by atoms with E-state index < -0.39 is 0 Å². The summed E-state index contributed by atoms with van der Waals surface area (Å²) in [4.78, 5) is 0. The molecule has 14 heavy (non-hydrogen) atoms. The van der Waals surface area contributed by atoms with Crippen LogP contribution in [0, 0.1) is 0 Å². The van der Waals surface area contributed by atoms with Gasteiger partial charge in [-0.2, -0.15) is 0 Å². The highest BCUT2D eigenvalue weighted by atomic mass is 16.5. The van der Waals surface area contributed by atoms with Gasteiger partial charge in [-0.05, 0) is 12.5 Å². The number of rotatable bonds is 6. The number of benzene rings is 1. The fourth-order valence-electron chi connectivity index (χ4n) is 1.17. The lowest BCUT2D eigenvalue weighted by Crippen LogP contribution is -1.99. The average Bonchev–Trinajstić information content (AvgIpc) is 2.25. The molecular formula is C11H15O3. The number of methoxy groups -OCH3 is 1. The molecule has 0 unspecified atom stereocenters. The molecule has 1 aromatic rings. The van der Waals surface area contributed by atoms with E-state index in [4.69, 9.17) is 9.47 Å². The summed E-state index contributed by atoms with van der Waals surface area (Å²) >= 11 is 0. The maximum absolute atomic E-state index is 10.2. The van der Waals surface area contributed by atoms with Crippen molar-refractivity contribution in [3.63, 3.8) is 0 Å². The molecule has 0 aliphatic carbocycles. The molecule has 0 N–H and O–H groups in total. The highest BCUT2D eigenvalue weighted by molar-refractivity contribution is 5.32. The average molecular weight is 195 g/mol. The Hall–Kier alpha value is -1.06. The molecule has 1 aromatic carbocycles. The van der Waals surface area contributed by atoms with Gasteiger partial charge in [-0.1, -0.05) is 18.2 Å². The van der Waals surface area contributed by atoms with Crippen molar-refractivity contribution in [3.05, 3.63) is 29.8 Å². The van der Waals surface area contributed by atoms with Crippen molar-refractivity contribution >= 4 is 0 Å². The van der Waals surface area contributed by atoms with Gasteiger partial charge >= 0.3 is 0 Å². The van der Waals surface area contributed by atoms with Gasteiger partial charge in [-0.15, -0.1) is 0 Å². The molecule has 0 aliphatic heterocycles. The lowest BCUT2D eigenvalue weighted by Gasteiger charge is -2.07. The summed E-state index contributed by atoms with van der Waals surface area (Å²) in [6, 6.07) is 7.71. The van der Waals surface area contributed by atoms with Crippen LogP contribution in [0.25, 0.3) is 0 Å². The molecule has 77 valence electrons. The van der Waals surface area contributed by atoms with E-state index in [2.05, 4.69) is 0 Å². The number of para-hydroxylation sites is 1. The molecule has 0 spiro atoms. The monoisotopic (exact) mass is 195 g/mol. The molecule has 1 rings (SSSR count). The number of hydrogen-bond acceptors (Lipinski definition) is 2. The highest BCUT2D eigenvalue weighted by Crippen LogP contribution is 2.17. The minimum Gasteiger partial charge on any atom is -0.496 e. The Morgan fingerprint density at radius 2 is 2.07 bits per heavy atom. The normalized spacial score (nSPS) is 10.1. The first-order valence-corrected chi connectivity index (χ1v) is 4.66. The summed E-state index contributed by atoms with van der Waals surface area (Å²) in [6.45, 7) is 0.942. The molecule has 0 aliphatic rings. The maximum Gasteiger partial charge on any atom is 0.124 e. The minimum atomic E-state index is -0.0775. The highest BCUT2D eigenvalue weighted by Gasteiger charge is 2.00. The molecule has 3 nitrogen and oxygen atoms in total. The van der Waals surface area contributed by atoms with Crippen LogP contribution in [-0.4, -0.2) is 20.3 Å². The Kier molecular flexibility index (Phi) is 5.04. The Bertz CT molecular complexity index is 260. The molecule has 0 saturated heterocycles. The molecule has 0 fully saturated rings. The Balaban J connectivity index is 2.41. The lowest BCUT2D eigenvalue weighted by atomic mass is 10.2. The summed E-state index contributed by atoms with van der Waals surface area (Å²) < 4.78 is 10.5. The standard InChI is InChI=1S/C11H15O3/c1-13-11-6-3-2-5-10(11)9-14-8-4-7-12/h2-3,5-6H,4,7-9H2,1H3. The van der Waals surface area contributed by atoms with Gasteiger partial charge in [0.1, 0.15) is 5.75 Å². The Labute approximate surface area is 84.3 Å². The van der Waals surface area contributed by atoms with Crippen LogP contribution in [0.3, 0.4) is 0 Å². The second-order valence-corrected chi connectivity index (χ2v) is 2.92. The zero-order chi connectivity index (χ0) is 10.2. The molecule has 3 heteroatoms. The number of hydrogen-bond donors (Lipinski definition) is 0. The Morgan fingerprint density at radius 3 is 2.79 bits per heavy atom. The van der Waals surface area contributed by atoms with E-state index in [-0.39, 0.29) is 6.61 Å². The molecule has 1 radical (unpaired) electrons. The van der Waals surface area contributed by atoms with Crippen LogP contribution in [0.15, 0.2) is 24.3 Å². The third-order valence-corrected chi connectivity index (χ3v) is 1.88. The topological polar surface area (TPSA) is 38.4 Å². The molecule has 0 bridgehead atoms. The first kappa shape index (κ1) is 11.0. The summed E-state index contributed by atoms with van der Waals surface area (Å²) in [5.74, 6) is 0.828. The van der Waals surface area contributed by atoms with Gasteiger partial charge in [0.15, 0.2) is 0 Å². The zero-order valence-electron chi connectivity index (χ0n) is 8.36. The third kappa shape index (κ3) is 3.36. The fraction of sp³-hybridized carbons (Fsp3) is 0.455. The van der Waals surface area contributed by atoms with Crippen molar-refractivity contribution in [1.82, 2.24) is 0 Å². The van der Waals surface area contributed by atoms with Crippen molar-refractivity contribution < 1.29 is 14.6 Å². The van der Waals surface area contributed by atoms with Gasteiger partial charge in [0, 0.05) is 12.2 Å². The van der Waals surface area contributed by atoms with Crippen LogP contribution >= 0.6 is 0 Å². The van der Waals surface area contributed by atoms with Crippen LogP contribution in [0.2, 0.25) is 0 Å². The summed E-state index contributed by atoms with van der Waals surface area (Å²) in [7, 11) is 1.64.